The van der Waals surface area contributed by atoms with E-state index in [-0.39, 0.29) is 24.6 Å². The summed E-state index contributed by atoms with van der Waals surface area (Å²) in [6, 6.07) is 9.92. The van der Waals surface area contributed by atoms with E-state index in [0.717, 1.165) is 45.4 Å². The molecule has 0 saturated carbocycles. The van der Waals surface area contributed by atoms with E-state index in [1.165, 1.54) is 0 Å². The zero-order valence-corrected chi connectivity index (χ0v) is 23.1. The first-order chi connectivity index (χ1) is 18.7. The van der Waals surface area contributed by atoms with Crippen LogP contribution in [0.25, 0.3) is 11.3 Å². The molecule has 0 unspecified atom stereocenters. The van der Waals surface area contributed by atoms with E-state index < -0.39 is 4.92 Å². The molecular formula is C28H34N6O5. The minimum absolute atomic E-state index is 0.208. The molecule has 2 aromatic carbocycles. The second-order valence-electron chi connectivity index (χ2n) is 9.45. The fourth-order valence-electron chi connectivity index (χ4n) is 5.04. The predicted octanol–water partition coefficient (Wildman–Crippen LogP) is 2.93. The van der Waals surface area contributed by atoms with Gasteiger partial charge in [0.1, 0.15) is 5.49 Å². The third kappa shape index (κ3) is 5.66. The maximum atomic E-state index is 13.9. The van der Waals surface area contributed by atoms with Crippen molar-refractivity contribution in [3.05, 3.63) is 90.7 Å². The first-order valence-corrected chi connectivity index (χ1v) is 12.7. The molecule has 4 rings (SSSR count). The molecule has 1 aliphatic rings. The molecule has 0 aliphatic carbocycles. The number of hydrogen-bond donors (Lipinski definition) is 2. The van der Waals surface area contributed by atoms with Gasteiger partial charge in [-0.05, 0) is 56.0 Å². The van der Waals surface area contributed by atoms with Gasteiger partial charge in [0.05, 0.1) is 30.5 Å². The lowest BCUT2D eigenvalue weighted by Crippen LogP contribution is -2.44. The van der Waals surface area contributed by atoms with Crippen LogP contribution in [0.15, 0.2) is 52.1 Å². The van der Waals surface area contributed by atoms with Gasteiger partial charge in [-0.15, -0.1) is 0 Å². The van der Waals surface area contributed by atoms with E-state index in [9.17, 15) is 14.9 Å². The van der Waals surface area contributed by atoms with Crippen molar-refractivity contribution in [2.24, 2.45) is 4.99 Å². The number of nitrogens with zero attached hydrogens (tertiary/aromatic N) is 4. The first-order valence-electron chi connectivity index (χ1n) is 12.7. The number of fused-ring (bicyclic) bond motifs is 3. The predicted molar refractivity (Wildman–Crippen MR) is 149 cm³/mol. The molecule has 2 N–H and O–H groups in total. The molecule has 1 aromatic heterocycles. The van der Waals surface area contributed by atoms with Crippen LogP contribution in [-0.4, -0.2) is 41.9 Å². The normalized spacial score (nSPS) is 13.0. The number of ether oxygens (including phenoxy) is 2. The zero-order chi connectivity index (χ0) is 28.3. The third-order valence-electron chi connectivity index (χ3n) is 6.80. The van der Waals surface area contributed by atoms with Gasteiger partial charge < -0.3 is 20.1 Å². The number of nitrogens with one attached hydrogen (secondary N) is 2. The van der Waals surface area contributed by atoms with Crippen LogP contribution in [0.4, 0.5) is 5.69 Å². The molecule has 206 valence electrons. The molecular weight excluding hydrogens is 500 g/mol. The van der Waals surface area contributed by atoms with Crippen LogP contribution in [0.1, 0.15) is 22.3 Å². The number of aromatic nitrogens is 2. The Balaban J connectivity index is 1.91. The van der Waals surface area contributed by atoms with E-state index in [4.69, 9.17) is 14.5 Å². The van der Waals surface area contributed by atoms with Crippen LogP contribution >= 0.6 is 0 Å². The van der Waals surface area contributed by atoms with Gasteiger partial charge in [0, 0.05) is 38.3 Å². The van der Waals surface area contributed by atoms with Crippen molar-refractivity contribution in [3.63, 3.8) is 0 Å². The van der Waals surface area contributed by atoms with Gasteiger partial charge in [0.15, 0.2) is 17.3 Å². The lowest BCUT2D eigenvalue weighted by atomic mass is 9.97. The Hall–Kier alpha value is -4.54. The summed E-state index contributed by atoms with van der Waals surface area (Å²) < 4.78 is 14.4. The lowest BCUT2D eigenvalue weighted by Gasteiger charge is -2.24. The summed E-state index contributed by atoms with van der Waals surface area (Å²) in [6.07, 6.45) is 1.51. The Morgan fingerprint density at radius 2 is 1.77 bits per heavy atom. The van der Waals surface area contributed by atoms with Crippen molar-refractivity contribution in [1.82, 2.24) is 19.8 Å². The van der Waals surface area contributed by atoms with Gasteiger partial charge >= 0.3 is 5.69 Å². The van der Waals surface area contributed by atoms with Crippen LogP contribution in [-0.2, 0) is 19.5 Å². The van der Waals surface area contributed by atoms with Crippen LogP contribution in [0.2, 0.25) is 0 Å². The highest BCUT2D eigenvalue weighted by Gasteiger charge is 2.22. The monoisotopic (exact) mass is 534 g/mol. The topological polar surface area (TPSA) is 125 Å². The second kappa shape index (κ2) is 11.5. The van der Waals surface area contributed by atoms with Gasteiger partial charge in [0.2, 0.25) is 0 Å². The minimum Gasteiger partial charge on any atom is -0.493 e. The number of nitro groups is 1. The molecule has 11 nitrogen and oxygen atoms in total. The Bertz CT molecular complexity index is 1560. The number of rotatable bonds is 9. The zero-order valence-electron chi connectivity index (χ0n) is 23.1. The van der Waals surface area contributed by atoms with Crippen LogP contribution in [0.5, 0.6) is 11.5 Å². The molecule has 11 heteroatoms. The summed E-state index contributed by atoms with van der Waals surface area (Å²) >= 11 is 0. The molecule has 0 fully saturated rings. The average molecular weight is 535 g/mol. The lowest BCUT2D eigenvalue weighted by molar-refractivity contribution is -0.404. The van der Waals surface area contributed by atoms with E-state index in [0.29, 0.717) is 30.0 Å². The Kier molecular flexibility index (Phi) is 8.08. The van der Waals surface area contributed by atoms with E-state index in [1.54, 1.807) is 30.4 Å². The minimum atomic E-state index is -0.538. The SMILES string of the molecule is CN/C(=C\[N+](=O)[O-])NCCn1c(=O)n2c(c/c1=N\c1c(C)cc(C)cc1C)-c1cc(OC)c(OC)cc1CC2. The smallest absolute Gasteiger partial charge is 0.330 e. The highest BCUT2D eigenvalue weighted by Crippen LogP contribution is 2.37. The molecule has 0 atom stereocenters. The van der Waals surface area contributed by atoms with Gasteiger partial charge in [-0.25, -0.2) is 9.79 Å². The van der Waals surface area contributed by atoms with Crippen molar-refractivity contribution >= 4 is 5.69 Å². The van der Waals surface area contributed by atoms with Gasteiger partial charge in [0.25, 0.3) is 6.20 Å². The summed E-state index contributed by atoms with van der Waals surface area (Å²) in [5.41, 5.74) is 6.94. The molecule has 39 heavy (non-hydrogen) atoms. The fourth-order valence-corrected chi connectivity index (χ4v) is 5.04. The van der Waals surface area contributed by atoms with Crippen molar-refractivity contribution in [3.8, 4) is 22.8 Å². The molecule has 0 radical (unpaired) electrons. The fraction of sp³-hybridized carbons (Fsp3) is 0.357. The van der Waals surface area contributed by atoms with Crippen LogP contribution < -0.4 is 31.3 Å². The molecule has 3 aromatic rings. The number of aryl methyl sites for hydroxylation is 4. The number of methoxy groups -OCH3 is 2. The molecule has 0 saturated heterocycles. The quantitative estimate of drug-likeness (QED) is 0.319. The summed E-state index contributed by atoms with van der Waals surface area (Å²) in [7, 11) is 4.78. The molecule has 2 heterocycles. The van der Waals surface area contributed by atoms with Crippen molar-refractivity contribution in [2.45, 2.75) is 40.3 Å². The summed E-state index contributed by atoms with van der Waals surface area (Å²) in [5.74, 6) is 1.47. The molecule has 0 spiro atoms. The number of benzene rings is 2. The maximum absolute atomic E-state index is 13.9. The Labute approximate surface area is 226 Å². The van der Waals surface area contributed by atoms with Crippen molar-refractivity contribution in [2.75, 3.05) is 27.8 Å². The highest BCUT2D eigenvalue weighted by molar-refractivity contribution is 5.70. The van der Waals surface area contributed by atoms with Gasteiger partial charge in [-0.2, -0.15) is 0 Å². The van der Waals surface area contributed by atoms with E-state index in [1.807, 2.05) is 39.0 Å². The van der Waals surface area contributed by atoms with Crippen LogP contribution in [0.3, 0.4) is 0 Å². The van der Waals surface area contributed by atoms with E-state index in [2.05, 4.69) is 22.8 Å². The Morgan fingerprint density at radius 1 is 1.10 bits per heavy atom. The van der Waals surface area contributed by atoms with Gasteiger partial charge in [-0.3, -0.25) is 19.2 Å². The largest absolute Gasteiger partial charge is 0.493 e. The second-order valence-corrected chi connectivity index (χ2v) is 9.45. The van der Waals surface area contributed by atoms with Gasteiger partial charge in [-0.1, -0.05) is 17.7 Å². The van der Waals surface area contributed by atoms with E-state index >= 15 is 0 Å². The first kappa shape index (κ1) is 27.5. The highest BCUT2D eigenvalue weighted by atomic mass is 16.6. The van der Waals surface area contributed by atoms with Crippen LogP contribution in [0, 0.1) is 30.9 Å². The molecule has 0 bridgehead atoms. The summed E-state index contributed by atoms with van der Waals surface area (Å²) in [6.45, 7) is 7.06. The number of hydrogen-bond acceptors (Lipinski definition) is 8. The van der Waals surface area contributed by atoms with Crippen molar-refractivity contribution in [1.29, 1.82) is 0 Å². The van der Waals surface area contributed by atoms with Crippen molar-refractivity contribution < 1.29 is 14.4 Å². The Morgan fingerprint density at radius 3 is 2.38 bits per heavy atom. The third-order valence-corrected chi connectivity index (χ3v) is 6.80. The average Bonchev–Trinajstić information content (AvgIpc) is 2.90. The standard InChI is InChI=1S/C28H34N6O5/c1-17-11-18(2)27(19(3)12-17)31-26-15-22-21-14-24(39-6)23(38-5)13-20(21)7-9-32(22)28(35)33(26)10-8-30-25(29-4)16-34(36)37/h11-16,29-30H,7-10H2,1-6H3/b25-16+,31-26+. The summed E-state index contributed by atoms with van der Waals surface area (Å²) in [5, 5.41) is 16.7. The summed E-state index contributed by atoms with van der Waals surface area (Å²) in [4.78, 5) is 29.3. The molecule has 0 amide bonds. The maximum Gasteiger partial charge on any atom is 0.330 e. The molecule has 1 aliphatic heterocycles.